The topological polar surface area (TPSA) is 61.2 Å². The standard InChI is InChI=1S/C16H13ClN2O2S2/c17-14-5-3-13(4-6-14)16-19(9-10-22-16)23(20,21)15-7-1-12(11-18)2-8-15/h1-8,16H,9-10H2. The second-order valence-electron chi connectivity index (χ2n) is 5.03. The van der Waals surface area contributed by atoms with E-state index >= 15 is 0 Å². The smallest absolute Gasteiger partial charge is 0.207 e. The molecule has 1 aliphatic heterocycles. The third-order valence-electron chi connectivity index (χ3n) is 3.59. The Balaban J connectivity index is 1.94. The molecular formula is C16H13ClN2O2S2. The highest BCUT2D eigenvalue weighted by molar-refractivity contribution is 8.01. The highest BCUT2D eigenvalue weighted by Gasteiger charge is 2.36. The molecule has 2 aromatic rings. The summed E-state index contributed by atoms with van der Waals surface area (Å²) in [5, 5.41) is 9.20. The van der Waals surface area contributed by atoms with Gasteiger partial charge in [-0.1, -0.05) is 23.7 Å². The maximum Gasteiger partial charge on any atom is 0.244 e. The van der Waals surface area contributed by atoms with Crippen molar-refractivity contribution in [1.82, 2.24) is 4.31 Å². The van der Waals surface area contributed by atoms with Gasteiger partial charge >= 0.3 is 0 Å². The number of thioether (sulfide) groups is 1. The lowest BCUT2D eigenvalue weighted by Gasteiger charge is -2.23. The van der Waals surface area contributed by atoms with Crippen molar-refractivity contribution in [3.8, 4) is 6.07 Å². The molecule has 1 unspecified atom stereocenters. The molecule has 0 N–H and O–H groups in total. The Kier molecular flexibility index (Phi) is 4.64. The largest absolute Gasteiger partial charge is 0.244 e. The summed E-state index contributed by atoms with van der Waals surface area (Å²) in [4.78, 5) is 0.206. The average molecular weight is 365 g/mol. The van der Waals surface area contributed by atoms with Crippen molar-refractivity contribution in [2.24, 2.45) is 0 Å². The van der Waals surface area contributed by atoms with Gasteiger partial charge in [0, 0.05) is 17.3 Å². The van der Waals surface area contributed by atoms with Crippen LogP contribution >= 0.6 is 23.4 Å². The number of nitriles is 1. The second-order valence-corrected chi connectivity index (χ2v) is 8.54. The molecule has 3 rings (SSSR count). The van der Waals surface area contributed by atoms with Gasteiger partial charge in [0.1, 0.15) is 0 Å². The minimum Gasteiger partial charge on any atom is -0.207 e. The number of hydrogen-bond donors (Lipinski definition) is 0. The van der Waals surface area contributed by atoms with Gasteiger partial charge in [0.05, 0.1) is 21.9 Å². The van der Waals surface area contributed by atoms with Crippen LogP contribution in [0.4, 0.5) is 0 Å². The number of benzene rings is 2. The molecule has 0 aromatic heterocycles. The Morgan fingerprint density at radius 1 is 1.13 bits per heavy atom. The van der Waals surface area contributed by atoms with Crippen LogP contribution in [-0.4, -0.2) is 25.0 Å². The number of rotatable bonds is 3. The number of sulfonamides is 1. The van der Waals surface area contributed by atoms with E-state index in [1.807, 2.05) is 18.2 Å². The van der Waals surface area contributed by atoms with E-state index in [2.05, 4.69) is 0 Å². The fourth-order valence-corrected chi connectivity index (χ4v) is 5.79. The molecule has 1 heterocycles. The Labute approximate surface area is 144 Å². The highest BCUT2D eigenvalue weighted by Crippen LogP contribution is 2.41. The van der Waals surface area contributed by atoms with E-state index in [0.717, 1.165) is 11.3 Å². The summed E-state index contributed by atoms with van der Waals surface area (Å²) in [5.74, 6) is 0.739. The summed E-state index contributed by atoms with van der Waals surface area (Å²) in [6.45, 7) is 0.459. The molecule has 4 nitrogen and oxygen atoms in total. The van der Waals surface area contributed by atoms with Crippen molar-refractivity contribution < 1.29 is 8.42 Å². The molecule has 23 heavy (non-hydrogen) atoms. The van der Waals surface area contributed by atoms with E-state index in [1.165, 1.54) is 28.6 Å². The zero-order valence-corrected chi connectivity index (χ0v) is 14.4. The molecule has 0 amide bonds. The Hall–Kier alpha value is -1.52. The molecule has 0 spiro atoms. The summed E-state index contributed by atoms with van der Waals surface area (Å²) in [6, 6.07) is 15.2. The van der Waals surface area contributed by atoms with Crippen LogP contribution in [0.25, 0.3) is 0 Å². The molecule has 0 bridgehead atoms. The molecule has 2 aromatic carbocycles. The Bertz CT molecular complexity index is 843. The molecule has 1 saturated heterocycles. The van der Waals surface area contributed by atoms with Gasteiger partial charge in [-0.05, 0) is 42.0 Å². The normalized spacial score (nSPS) is 18.7. The third-order valence-corrected chi connectivity index (χ3v) is 7.12. The SMILES string of the molecule is N#Cc1ccc(S(=O)(=O)N2CCSC2c2ccc(Cl)cc2)cc1. The van der Waals surface area contributed by atoms with E-state index in [0.29, 0.717) is 17.1 Å². The van der Waals surface area contributed by atoms with E-state index in [4.69, 9.17) is 16.9 Å². The lowest BCUT2D eigenvalue weighted by Crippen LogP contribution is -2.30. The van der Waals surface area contributed by atoms with Crippen LogP contribution in [0.2, 0.25) is 5.02 Å². The predicted octanol–water partition coefficient (Wildman–Crippen LogP) is 3.65. The third kappa shape index (κ3) is 3.24. The summed E-state index contributed by atoms with van der Waals surface area (Å²) < 4.78 is 27.3. The van der Waals surface area contributed by atoms with Crippen LogP contribution in [0, 0.1) is 11.3 Å². The van der Waals surface area contributed by atoms with Crippen molar-refractivity contribution in [1.29, 1.82) is 5.26 Å². The predicted molar refractivity (Wildman–Crippen MR) is 91.7 cm³/mol. The minimum atomic E-state index is -3.60. The van der Waals surface area contributed by atoms with Crippen molar-refractivity contribution in [2.45, 2.75) is 10.3 Å². The average Bonchev–Trinajstić information content (AvgIpc) is 3.06. The molecular weight excluding hydrogens is 352 g/mol. The summed E-state index contributed by atoms with van der Waals surface area (Å²) >= 11 is 7.49. The second kappa shape index (κ2) is 6.54. The molecule has 0 saturated carbocycles. The maximum atomic E-state index is 12.9. The first-order valence-corrected chi connectivity index (χ1v) is 9.78. The van der Waals surface area contributed by atoms with Gasteiger partial charge in [-0.2, -0.15) is 9.57 Å². The van der Waals surface area contributed by atoms with Gasteiger partial charge in [0.2, 0.25) is 10.0 Å². The molecule has 7 heteroatoms. The maximum absolute atomic E-state index is 12.9. The Morgan fingerprint density at radius 2 is 1.78 bits per heavy atom. The number of halogens is 1. The summed E-state index contributed by atoms with van der Waals surface area (Å²) in [5.41, 5.74) is 1.35. The van der Waals surface area contributed by atoms with Crippen LogP contribution < -0.4 is 0 Å². The first-order valence-electron chi connectivity index (χ1n) is 6.91. The van der Waals surface area contributed by atoms with Gasteiger partial charge in [-0.15, -0.1) is 11.8 Å². The molecule has 1 atom stereocenters. The number of nitrogens with zero attached hydrogens (tertiary/aromatic N) is 2. The monoisotopic (exact) mass is 364 g/mol. The van der Waals surface area contributed by atoms with Gasteiger partial charge in [0.25, 0.3) is 0 Å². The zero-order chi connectivity index (χ0) is 16.4. The van der Waals surface area contributed by atoms with Gasteiger partial charge in [-0.3, -0.25) is 0 Å². The van der Waals surface area contributed by atoms with Crippen LogP contribution in [0.1, 0.15) is 16.5 Å². The minimum absolute atomic E-state index is 0.206. The summed E-state index contributed by atoms with van der Waals surface area (Å²) in [6.07, 6.45) is 0. The lowest BCUT2D eigenvalue weighted by atomic mass is 10.2. The molecule has 1 fully saturated rings. The van der Waals surface area contributed by atoms with Gasteiger partial charge in [0.15, 0.2) is 0 Å². The van der Waals surface area contributed by atoms with E-state index in [1.54, 1.807) is 23.9 Å². The van der Waals surface area contributed by atoms with E-state index < -0.39 is 10.0 Å². The first kappa shape index (κ1) is 16.3. The van der Waals surface area contributed by atoms with E-state index in [-0.39, 0.29) is 10.3 Å². The van der Waals surface area contributed by atoms with E-state index in [9.17, 15) is 8.42 Å². The molecule has 118 valence electrons. The molecule has 0 aliphatic carbocycles. The summed E-state index contributed by atoms with van der Waals surface area (Å²) in [7, 11) is -3.60. The van der Waals surface area contributed by atoms with Crippen molar-refractivity contribution in [3.63, 3.8) is 0 Å². The fraction of sp³-hybridized carbons (Fsp3) is 0.188. The molecule has 0 radical (unpaired) electrons. The lowest BCUT2D eigenvalue weighted by molar-refractivity contribution is 0.434. The van der Waals surface area contributed by atoms with Gasteiger partial charge in [-0.25, -0.2) is 8.42 Å². The van der Waals surface area contributed by atoms with Gasteiger partial charge < -0.3 is 0 Å². The number of hydrogen-bond acceptors (Lipinski definition) is 4. The molecule has 1 aliphatic rings. The quantitative estimate of drug-likeness (QED) is 0.834. The van der Waals surface area contributed by atoms with Crippen LogP contribution in [0.3, 0.4) is 0 Å². The highest BCUT2D eigenvalue weighted by atomic mass is 35.5. The van der Waals surface area contributed by atoms with Crippen LogP contribution in [0.15, 0.2) is 53.4 Å². The fourth-order valence-electron chi connectivity index (χ4n) is 2.43. The van der Waals surface area contributed by atoms with Crippen molar-refractivity contribution in [2.75, 3.05) is 12.3 Å². The van der Waals surface area contributed by atoms with Crippen molar-refractivity contribution >= 4 is 33.4 Å². The first-order chi connectivity index (χ1) is 11.0. The van der Waals surface area contributed by atoms with Crippen molar-refractivity contribution in [3.05, 3.63) is 64.7 Å². The van der Waals surface area contributed by atoms with Crippen LogP contribution in [0.5, 0.6) is 0 Å². The Morgan fingerprint density at radius 3 is 2.39 bits per heavy atom. The zero-order valence-electron chi connectivity index (χ0n) is 12.0. The van der Waals surface area contributed by atoms with Crippen LogP contribution in [-0.2, 0) is 10.0 Å².